The van der Waals surface area contributed by atoms with Gasteiger partial charge < -0.3 is 15.2 Å². The molecule has 4 rings (SSSR count). The Morgan fingerprint density at radius 2 is 1.97 bits per heavy atom. The van der Waals surface area contributed by atoms with Crippen LogP contribution in [0.25, 0.3) is 0 Å². The number of hydrogen-bond donors (Lipinski definition) is 2. The van der Waals surface area contributed by atoms with Gasteiger partial charge in [-0.3, -0.25) is 4.79 Å². The first-order valence-electron chi connectivity index (χ1n) is 10.5. The van der Waals surface area contributed by atoms with E-state index in [-0.39, 0.29) is 5.78 Å². The third-order valence-corrected chi connectivity index (χ3v) is 6.08. The molecule has 154 valence electrons. The SMILES string of the molecule is C[C@@H]1CC[C@](Oc2ncccc2C(C)(C)O)(C(=O)c2ccccc2C2CC2)CN1. The molecule has 0 spiro atoms. The molecular weight excluding hydrogens is 364 g/mol. The molecule has 0 amide bonds. The van der Waals surface area contributed by atoms with Crippen molar-refractivity contribution in [3.63, 3.8) is 0 Å². The summed E-state index contributed by atoms with van der Waals surface area (Å²) in [7, 11) is 0. The molecule has 1 aromatic heterocycles. The van der Waals surface area contributed by atoms with E-state index in [1.54, 1.807) is 32.2 Å². The number of aromatic nitrogens is 1. The average Bonchev–Trinajstić information content (AvgIpc) is 3.54. The Balaban J connectivity index is 1.74. The van der Waals surface area contributed by atoms with E-state index in [4.69, 9.17) is 4.74 Å². The van der Waals surface area contributed by atoms with E-state index < -0.39 is 11.2 Å². The van der Waals surface area contributed by atoms with Gasteiger partial charge in [-0.05, 0) is 70.1 Å². The number of aliphatic hydroxyl groups is 1. The Kier molecular flexibility index (Phi) is 5.21. The summed E-state index contributed by atoms with van der Waals surface area (Å²) in [6.45, 7) is 5.95. The fourth-order valence-electron chi connectivity index (χ4n) is 4.13. The maximum atomic E-state index is 13.9. The molecule has 5 heteroatoms. The standard InChI is InChI=1S/C24H30N2O3/c1-16-12-13-24(15-26-16,29-22-20(23(2,3)28)9-6-14-25-22)21(27)19-8-5-4-7-18(19)17-10-11-17/h4-9,14,16-17,26,28H,10-13,15H2,1-3H3/t16-,24-/m1/s1. The van der Waals surface area contributed by atoms with E-state index >= 15 is 0 Å². The van der Waals surface area contributed by atoms with E-state index in [0.717, 1.165) is 30.4 Å². The van der Waals surface area contributed by atoms with Crippen LogP contribution < -0.4 is 10.1 Å². The molecule has 2 heterocycles. The largest absolute Gasteiger partial charge is 0.461 e. The molecule has 0 unspecified atom stereocenters. The van der Waals surface area contributed by atoms with Gasteiger partial charge >= 0.3 is 0 Å². The Morgan fingerprint density at radius 1 is 1.21 bits per heavy atom. The van der Waals surface area contributed by atoms with E-state index in [1.807, 2.05) is 18.2 Å². The van der Waals surface area contributed by atoms with Crippen LogP contribution in [0.15, 0.2) is 42.6 Å². The zero-order chi connectivity index (χ0) is 20.6. The van der Waals surface area contributed by atoms with Crippen molar-refractivity contribution in [2.24, 2.45) is 0 Å². The second kappa shape index (κ2) is 7.54. The zero-order valence-corrected chi connectivity index (χ0v) is 17.4. The Bertz CT molecular complexity index is 891. The fraction of sp³-hybridized carbons (Fsp3) is 0.500. The number of carbonyl (C=O) groups excluding carboxylic acids is 1. The number of hydrogen-bond acceptors (Lipinski definition) is 5. The predicted molar refractivity (Wildman–Crippen MR) is 112 cm³/mol. The lowest BCUT2D eigenvalue weighted by Crippen LogP contribution is -2.58. The number of rotatable bonds is 6. The van der Waals surface area contributed by atoms with Gasteiger partial charge in [-0.15, -0.1) is 0 Å². The molecular formula is C24H30N2O3. The molecule has 0 bridgehead atoms. The number of benzene rings is 1. The number of pyridine rings is 1. The minimum absolute atomic E-state index is 0.00625. The summed E-state index contributed by atoms with van der Waals surface area (Å²) >= 11 is 0. The smallest absolute Gasteiger partial charge is 0.220 e. The topological polar surface area (TPSA) is 71.5 Å². The lowest BCUT2D eigenvalue weighted by atomic mass is 9.82. The summed E-state index contributed by atoms with van der Waals surface area (Å²) < 4.78 is 6.44. The highest BCUT2D eigenvalue weighted by Gasteiger charge is 2.46. The van der Waals surface area contributed by atoms with Crippen LogP contribution in [-0.2, 0) is 5.60 Å². The highest BCUT2D eigenvalue weighted by molar-refractivity contribution is 6.04. The van der Waals surface area contributed by atoms with Crippen LogP contribution in [0.5, 0.6) is 5.88 Å². The molecule has 5 nitrogen and oxygen atoms in total. The van der Waals surface area contributed by atoms with E-state index in [0.29, 0.717) is 36.4 Å². The van der Waals surface area contributed by atoms with Gasteiger partial charge in [0.05, 0.1) is 5.60 Å². The predicted octanol–water partition coefficient (Wildman–Crippen LogP) is 3.96. The minimum atomic E-state index is -1.12. The average molecular weight is 395 g/mol. The van der Waals surface area contributed by atoms with Gasteiger partial charge in [0.25, 0.3) is 0 Å². The van der Waals surface area contributed by atoms with Crippen molar-refractivity contribution in [2.45, 2.75) is 69.6 Å². The van der Waals surface area contributed by atoms with Crippen molar-refractivity contribution in [3.05, 3.63) is 59.3 Å². The van der Waals surface area contributed by atoms with Gasteiger partial charge in [0.15, 0.2) is 5.60 Å². The number of ether oxygens (including phenoxy) is 1. The normalized spacial score (nSPS) is 24.9. The summed E-state index contributed by atoms with van der Waals surface area (Å²) in [5, 5.41) is 14.0. The summed E-state index contributed by atoms with van der Waals surface area (Å²) in [6, 6.07) is 11.8. The van der Waals surface area contributed by atoms with E-state index in [9.17, 15) is 9.90 Å². The third-order valence-electron chi connectivity index (χ3n) is 6.08. The molecule has 0 radical (unpaired) electrons. The zero-order valence-electron chi connectivity index (χ0n) is 17.4. The summed E-state index contributed by atoms with van der Waals surface area (Å²) in [5.41, 5.74) is 0.317. The number of ketones is 1. The lowest BCUT2D eigenvalue weighted by molar-refractivity contribution is 0.0197. The second-order valence-corrected chi connectivity index (χ2v) is 9.02. The van der Waals surface area contributed by atoms with E-state index in [1.165, 1.54) is 0 Å². The van der Waals surface area contributed by atoms with Crippen molar-refractivity contribution in [1.82, 2.24) is 10.3 Å². The molecule has 2 atom stereocenters. The monoisotopic (exact) mass is 394 g/mol. The molecule has 2 aromatic rings. The summed E-state index contributed by atoms with van der Waals surface area (Å²) in [5.74, 6) is 0.810. The highest BCUT2D eigenvalue weighted by Crippen LogP contribution is 2.43. The first kappa shape index (κ1) is 20.0. The number of nitrogens with zero attached hydrogens (tertiary/aromatic N) is 1. The Morgan fingerprint density at radius 3 is 2.62 bits per heavy atom. The summed E-state index contributed by atoms with van der Waals surface area (Å²) in [6.07, 6.45) is 5.36. The highest BCUT2D eigenvalue weighted by atomic mass is 16.5. The molecule has 1 aliphatic heterocycles. The van der Waals surface area contributed by atoms with Gasteiger partial charge in [0.1, 0.15) is 0 Å². The van der Waals surface area contributed by atoms with Crippen molar-refractivity contribution in [2.75, 3.05) is 6.54 Å². The third kappa shape index (κ3) is 4.07. The quantitative estimate of drug-likeness (QED) is 0.726. The molecule has 1 saturated heterocycles. The fourth-order valence-corrected chi connectivity index (χ4v) is 4.13. The van der Waals surface area contributed by atoms with Crippen molar-refractivity contribution < 1.29 is 14.6 Å². The van der Waals surface area contributed by atoms with Gasteiger partial charge in [-0.1, -0.05) is 24.3 Å². The number of piperidine rings is 1. The van der Waals surface area contributed by atoms with Crippen LogP contribution in [-0.4, -0.2) is 34.1 Å². The first-order chi connectivity index (χ1) is 13.8. The van der Waals surface area contributed by atoms with Gasteiger partial charge in [0.2, 0.25) is 11.7 Å². The van der Waals surface area contributed by atoms with Crippen LogP contribution in [0, 0.1) is 0 Å². The summed E-state index contributed by atoms with van der Waals surface area (Å²) in [4.78, 5) is 18.3. The molecule has 1 aliphatic carbocycles. The number of nitrogens with one attached hydrogen (secondary N) is 1. The van der Waals surface area contributed by atoms with Crippen molar-refractivity contribution in [3.8, 4) is 5.88 Å². The Labute approximate surface area is 172 Å². The maximum absolute atomic E-state index is 13.9. The molecule has 1 saturated carbocycles. The first-order valence-corrected chi connectivity index (χ1v) is 10.5. The molecule has 2 fully saturated rings. The molecule has 1 aromatic carbocycles. The second-order valence-electron chi connectivity index (χ2n) is 9.02. The van der Waals surface area contributed by atoms with Crippen molar-refractivity contribution in [1.29, 1.82) is 0 Å². The van der Waals surface area contributed by atoms with Crippen molar-refractivity contribution >= 4 is 5.78 Å². The molecule has 29 heavy (non-hydrogen) atoms. The van der Waals surface area contributed by atoms with Gasteiger partial charge in [-0.2, -0.15) is 0 Å². The van der Waals surface area contributed by atoms with Gasteiger partial charge in [0, 0.05) is 29.9 Å². The minimum Gasteiger partial charge on any atom is -0.461 e. The van der Waals surface area contributed by atoms with Crippen LogP contribution >= 0.6 is 0 Å². The van der Waals surface area contributed by atoms with Crippen LogP contribution in [0.1, 0.15) is 73.9 Å². The number of Topliss-reactive ketones (excluding diaryl/α,β-unsaturated/α-hetero) is 1. The molecule has 2 N–H and O–H groups in total. The van der Waals surface area contributed by atoms with E-state index in [2.05, 4.69) is 23.3 Å². The van der Waals surface area contributed by atoms with Crippen LogP contribution in [0.2, 0.25) is 0 Å². The van der Waals surface area contributed by atoms with Crippen LogP contribution in [0.4, 0.5) is 0 Å². The lowest BCUT2D eigenvalue weighted by Gasteiger charge is -2.39. The van der Waals surface area contributed by atoms with Crippen LogP contribution in [0.3, 0.4) is 0 Å². The Hall–Kier alpha value is -2.24. The maximum Gasteiger partial charge on any atom is 0.220 e. The number of carbonyl (C=O) groups is 1. The molecule has 2 aliphatic rings. The van der Waals surface area contributed by atoms with Gasteiger partial charge in [-0.25, -0.2) is 4.98 Å².